The second kappa shape index (κ2) is 4.45. The zero-order valence-corrected chi connectivity index (χ0v) is 10.7. The first-order valence-corrected chi connectivity index (χ1v) is 6.89. The van der Waals surface area contributed by atoms with Crippen LogP contribution in [0.2, 0.25) is 0 Å². The maximum atomic E-state index is 12.7. The van der Waals surface area contributed by atoms with Crippen LogP contribution in [-0.4, -0.2) is 41.0 Å². The first-order chi connectivity index (χ1) is 9.06. The molecule has 1 fully saturated rings. The molecule has 1 aliphatic carbocycles. The van der Waals surface area contributed by atoms with Gasteiger partial charge in [-0.2, -0.15) is 23.0 Å². The lowest BCUT2D eigenvalue weighted by Crippen LogP contribution is -2.47. The Kier molecular flexibility index (Phi) is 3.29. The van der Waals surface area contributed by atoms with Crippen LogP contribution in [0.15, 0.2) is 17.3 Å². The predicted octanol–water partition coefficient (Wildman–Crippen LogP) is 0.341. The van der Waals surface area contributed by atoms with Crippen molar-refractivity contribution in [2.45, 2.75) is 36.0 Å². The second-order valence-corrected chi connectivity index (χ2v) is 6.14. The highest BCUT2D eigenvalue weighted by molar-refractivity contribution is 7.89. The van der Waals surface area contributed by atoms with E-state index in [1.807, 2.05) is 0 Å². The number of alkyl halides is 3. The van der Waals surface area contributed by atoms with Crippen molar-refractivity contribution in [1.29, 1.82) is 0 Å². The third-order valence-electron chi connectivity index (χ3n) is 2.84. The summed E-state index contributed by atoms with van der Waals surface area (Å²) in [5.74, 6) is -1.25. The number of aromatic nitrogens is 2. The Labute approximate surface area is 111 Å². The average Bonchev–Trinajstić information content (AvgIpc) is 2.87. The SMILES string of the molecule is O=C(O)Cn1cc(S(=O)(=O)NC2(C(F)(F)F)CC2)cn1. The monoisotopic (exact) mass is 313 g/mol. The molecule has 0 spiro atoms. The summed E-state index contributed by atoms with van der Waals surface area (Å²) in [6.45, 7) is -0.583. The number of nitrogens with zero attached hydrogens (tertiary/aromatic N) is 2. The van der Waals surface area contributed by atoms with Crippen molar-refractivity contribution in [3.05, 3.63) is 12.4 Å². The molecule has 20 heavy (non-hydrogen) atoms. The van der Waals surface area contributed by atoms with E-state index in [1.165, 1.54) is 0 Å². The maximum Gasteiger partial charge on any atom is 0.407 e. The minimum Gasteiger partial charge on any atom is -0.480 e. The van der Waals surface area contributed by atoms with Crippen LogP contribution in [0.1, 0.15) is 12.8 Å². The lowest BCUT2D eigenvalue weighted by molar-refractivity contribution is -0.160. The van der Waals surface area contributed by atoms with Gasteiger partial charge in [-0.1, -0.05) is 0 Å². The molecule has 2 N–H and O–H groups in total. The second-order valence-electron chi connectivity index (χ2n) is 4.45. The lowest BCUT2D eigenvalue weighted by atomic mass is 10.3. The third-order valence-corrected chi connectivity index (χ3v) is 4.33. The van der Waals surface area contributed by atoms with Crippen molar-refractivity contribution < 1.29 is 31.5 Å². The number of halogens is 3. The fourth-order valence-electron chi connectivity index (χ4n) is 1.59. The Hall–Kier alpha value is -1.62. The van der Waals surface area contributed by atoms with E-state index >= 15 is 0 Å². The van der Waals surface area contributed by atoms with E-state index in [0.717, 1.165) is 17.1 Å². The molecule has 7 nitrogen and oxygen atoms in total. The molecule has 1 saturated carbocycles. The number of hydrogen-bond donors (Lipinski definition) is 2. The van der Waals surface area contributed by atoms with Gasteiger partial charge >= 0.3 is 12.1 Å². The molecule has 0 aliphatic heterocycles. The largest absolute Gasteiger partial charge is 0.480 e. The van der Waals surface area contributed by atoms with Crippen molar-refractivity contribution in [3.63, 3.8) is 0 Å². The first kappa shape index (κ1) is 14.8. The normalized spacial score (nSPS) is 17.9. The van der Waals surface area contributed by atoms with Crippen LogP contribution in [-0.2, 0) is 21.4 Å². The molecule has 0 unspecified atom stereocenters. The van der Waals surface area contributed by atoms with Gasteiger partial charge in [-0.3, -0.25) is 9.48 Å². The summed E-state index contributed by atoms with van der Waals surface area (Å²) in [5, 5.41) is 12.0. The van der Waals surface area contributed by atoms with Crippen LogP contribution < -0.4 is 4.72 Å². The summed E-state index contributed by atoms with van der Waals surface area (Å²) < 4.78 is 64.1. The van der Waals surface area contributed by atoms with Gasteiger partial charge in [0.15, 0.2) is 0 Å². The van der Waals surface area contributed by atoms with E-state index in [9.17, 15) is 26.4 Å². The Morgan fingerprint density at radius 2 is 2.10 bits per heavy atom. The highest BCUT2D eigenvalue weighted by atomic mass is 32.2. The number of hydrogen-bond acceptors (Lipinski definition) is 4. The highest BCUT2D eigenvalue weighted by Crippen LogP contribution is 2.49. The van der Waals surface area contributed by atoms with Crippen molar-refractivity contribution in [1.82, 2.24) is 14.5 Å². The molecule has 0 bridgehead atoms. The molecule has 1 aliphatic rings. The van der Waals surface area contributed by atoms with E-state index in [2.05, 4.69) is 5.10 Å². The number of carbonyl (C=O) groups is 1. The predicted molar refractivity (Wildman–Crippen MR) is 58.2 cm³/mol. The van der Waals surface area contributed by atoms with E-state index < -0.39 is 39.1 Å². The molecule has 1 aromatic heterocycles. The van der Waals surface area contributed by atoms with Crippen LogP contribution >= 0.6 is 0 Å². The number of nitrogens with one attached hydrogen (secondary N) is 1. The quantitative estimate of drug-likeness (QED) is 0.816. The molecular formula is C9H10F3N3O4S. The fraction of sp³-hybridized carbons (Fsp3) is 0.556. The van der Waals surface area contributed by atoms with Crippen LogP contribution in [0.5, 0.6) is 0 Å². The topological polar surface area (TPSA) is 101 Å². The number of carboxylic acids is 1. The molecule has 0 aromatic carbocycles. The smallest absolute Gasteiger partial charge is 0.407 e. The van der Waals surface area contributed by atoms with E-state index in [-0.39, 0.29) is 12.8 Å². The van der Waals surface area contributed by atoms with Crippen molar-refractivity contribution in [2.24, 2.45) is 0 Å². The van der Waals surface area contributed by atoms with Gasteiger partial charge in [0.25, 0.3) is 0 Å². The van der Waals surface area contributed by atoms with Crippen LogP contribution in [0, 0.1) is 0 Å². The number of aliphatic carboxylic acids is 1. The summed E-state index contributed by atoms with van der Waals surface area (Å²) in [5.41, 5.74) is -2.42. The number of rotatable bonds is 5. The number of carboxylic acid groups (broad SMARTS) is 1. The molecular weight excluding hydrogens is 303 g/mol. The summed E-state index contributed by atoms with van der Waals surface area (Å²) in [7, 11) is -4.40. The van der Waals surface area contributed by atoms with Gasteiger partial charge in [-0.15, -0.1) is 0 Å². The minimum absolute atomic E-state index is 0.320. The molecule has 1 aromatic rings. The Balaban J connectivity index is 2.19. The minimum atomic E-state index is -4.67. The van der Waals surface area contributed by atoms with Gasteiger partial charge < -0.3 is 5.11 Å². The molecule has 1 heterocycles. The highest BCUT2D eigenvalue weighted by Gasteiger charge is 2.65. The van der Waals surface area contributed by atoms with Crippen LogP contribution in [0.3, 0.4) is 0 Å². The van der Waals surface area contributed by atoms with Gasteiger partial charge in [0.1, 0.15) is 17.0 Å². The van der Waals surface area contributed by atoms with Crippen LogP contribution in [0.4, 0.5) is 13.2 Å². The van der Waals surface area contributed by atoms with E-state index in [4.69, 9.17) is 5.11 Å². The fourth-order valence-corrected chi connectivity index (χ4v) is 2.99. The lowest BCUT2D eigenvalue weighted by Gasteiger charge is -2.19. The van der Waals surface area contributed by atoms with E-state index in [1.54, 1.807) is 4.72 Å². The zero-order chi connectivity index (χ0) is 15.2. The number of sulfonamides is 1. The maximum absolute atomic E-state index is 12.7. The van der Waals surface area contributed by atoms with Crippen molar-refractivity contribution >= 4 is 16.0 Å². The summed E-state index contributed by atoms with van der Waals surface area (Å²) in [6.07, 6.45) is -3.64. The molecule has 11 heteroatoms. The average molecular weight is 313 g/mol. The van der Waals surface area contributed by atoms with Crippen LogP contribution in [0.25, 0.3) is 0 Å². The third kappa shape index (κ3) is 2.77. The van der Waals surface area contributed by atoms with Gasteiger partial charge in [0, 0.05) is 6.20 Å². The van der Waals surface area contributed by atoms with Gasteiger partial charge in [0.2, 0.25) is 10.0 Å². The summed E-state index contributed by atoms with van der Waals surface area (Å²) in [6, 6.07) is 0. The molecule has 0 atom stereocenters. The Bertz CT molecular complexity index is 633. The Morgan fingerprint density at radius 1 is 1.50 bits per heavy atom. The first-order valence-electron chi connectivity index (χ1n) is 5.41. The Morgan fingerprint density at radius 3 is 2.55 bits per heavy atom. The van der Waals surface area contributed by atoms with Crippen molar-refractivity contribution in [2.75, 3.05) is 0 Å². The molecule has 112 valence electrons. The molecule has 0 amide bonds. The summed E-state index contributed by atoms with van der Waals surface area (Å²) in [4.78, 5) is 9.92. The molecule has 0 radical (unpaired) electrons. The summed E-state index contributed by atoms with van der Waals surface area (Å²) >= 11 is 0. The van der Waals surface area contributed by atoms with Gasteiger partial charge in [-0.25, -0.2) is 8.42 Å². The molecule has 2 rings (SSSR count). The van der Waals surface area contributed by atoms with Gasteiger partial charge in [-0.05, 0) is 12.8 Å². The zero-order valence-electron chi connectivity index (χ0n) is 9.88. The van der Waals surface area contributed by atoms with Crippen molar-refractivity contribution in [3.8, 4) is 0 Å². The van der Waals surface area contributed by atoms with E-state index in [0.29, 0.717) is 0 Å². The van der Waals surface area contributed by atoms with Gasteiger partial charge in [0.05, 0.1) is 6.20 Å². The standard InChI is InChI=1S/C9H10F3N3O4S/c10-9(11,12)8(1-2-8)14-20(18,19)6-3-13-15(4-6)5-7(16)17/h3-4,14H,1-2,5H2,(H,16,17). The molecule has 0 saturated heterocycles.